The van der Waals surface area contributed by atoms with Crippen LogP contribution in [0.5, 0.6) is 0 Å². The molecular weight excluding hydrogens is 247 g/mol. The SMILES string of the molecule is CCOC(=O)[C@H]1C[C@@H]1c1ccc(C(F)(F)F)cn1. The number of pyridine rings is 1. The first-order valence-corrected chi connectivity index (χ1v) is 5.63. The molecular formula is C12H12F3NO2. The van der Waals surface area contributed by atoms with Crippen LogP contribution in [0, 0.1) is 5.92 Å². The molecule has 1 fully saturated rings. The third kappa shape index (κ3) is 2.63. The van der Waals surface area contributed by atoms with Gasteiger partial charge in [-0.25, -0.2) is 0 Å². The molecule has 0 radical (unpaired) electrons. The molecule has 0 aromatic carbocycles. The van der Waals surface area contributed by atoms with Crippen molar-refractivity contribution >= 4 is 5.97 Å². The molecule has 0 saturated heterocycles. The molecule has 6 heteroatoms. The molecule has 98 valence electrons. The minimum Gasteiger partial charge on any atom is -0.466 e. The number of halogens is 3. The molecule has 0 aliphatic heterocycles. The van der Waals surface area contributed by atoms with Gasteiger partial charge >= 0.3 is 12.1 Å². The van der Waals surface area contributed by atoms with E-state index < -0.39 is 11.7 Å². The number of aromatic nitrogens is 1. The molecule has 2 rings (SSSR count). The van der Waals surface area contributed by atoms with E-state index in [1.165, 1.54) is 6.07 Å². The molecule has 2 atom stereocenters. The standard InChI is InChI=1S/C12H12F3NO2/c1-2-18-11(17)9-5-8(9)10-4-3-7(6-16-10)12(13,14)15/h3-4,6,8-9H,2,5H2,1H3/t8-,9-/m0/s1. The summed E-state index contributed by atoms with van der Waals surface area (Å²) in [6, 6.07) is 2.32. The van der Waals surface area contributed by atoms with Crippen molar-refractivity contribution in [2.75, 3.05) is 6.61 Å². The highest BCUT2D eigenvalue weighted by atomic mass is 19.4. The van der Waals surface area contributed by atoms with E-state index in [2.05, 4.69) is 4.98 Å². The largest absolute Gasteiger partial charge is 0.466 e. The van der Waals surface area contributed by atoms with Crippen LogP contribution < -0.4 is 0 Å². The zero-order chi connectivity index (χ0) is 13.3. The lowest BCUT2D eigenvalue weighted by Gasteiger charge is -2.06. The Labute approximate surface area is 102 Å². The zero-order valence-electron chi connectivity index (χ0n) is 9.70. The van der Waals surface area contributed by atoms with Crippen LogP contribution >= 0.6 is 0 Å². The van der Waals surface area contributed by atoms with Gasteiger partial charge in [-0.2, -0.15) is 13.2 Å². The summed E-state index contributed by atoms with van der Waals surface area (Å²) >= 11 is 0. The smallest absolute Gasteiger partial charge is 0.417 e. The van der Waals surface area contributed by atoms with Gasteiger partial charge in [0.1, 0.15) is 0 Å². The van der Waals surface area contributed by atoms with Crippen molar-refractivity contribution in [3.8, 4) is 0 Å². The van der Waals surface area contributed by atoms with Gasteiger partial charge in [-0.05, 0) is 25.5 Å². The Balaban J connectivity index is 2.03. The second-order valence-corrected chi connectivity index (χ2v) is 4.17. The number of alkyl halides is 3. The van der Waals surface area contributed by atoms with Crippen molar-refractivity contribution in [1.29, 1.82) is 0 Å². The normalized spacial score (nSPS) is 22.7. The number of rotatable bonds is 3. The van der Waals surface area contributed by atoms with Gasteiger partial charge in [0.05, 0.1) is 18.1 Å². The van der Waals surface area contributed by atoms with Gasteiger partial charge in [-0.1, -0.05) is 0 Å². The molecule has 1 saturated carbocycles. The zero-order valence-corrected chi connectivity index (χ0v) is 9.70. The summed E-state index contributed by atoms with van der Waals surface area (Å²) in [6.45, 7) is 2.02. The quantitative estimate of drug-likeness (QED) is 0.783. The van der Waals surface area contributed by atoms with E-state index in [0.717, 1.165) is 12.3 Å². The highest BCUT2D eigenvalue weighted by molar-refractivity contribution is 5.77. The maximum absolute atomic E-state index is 12.3. The van der Waals surface area contributed by atoms with E-state index in [1.54, 1.807) is 6.92 Å². The molecule has 1 aromatic heterocycles. The molecule has 1 aliphatic carbocycles. The predicted molar refractivity (Wildman–Crippen MR) is 56.7 cm³/mol. The Bertz CT molecular complexity index is 442. The summed E-state index contributed by atoms with van der Waals surface area (Å²) in [4.78, 5) is 15.2. The number of carbonyl (C=O) groups excluding carboxylic acids is 1. The molecule has 0 unspecified atom stereocenters. The van der Waals surface area contributed by atoms with Crippen LogP contribution in [-0.2, 0) is 15.7 Å². The lowest BCUT2D eigenvalue weighted by molar-refractivity contribution is -0.144. The fourth-order valence-corrected chi connectivity index (χ4v) is 1.82. The molecule has 0 spiro atoms. The summed E-state index contributed by atoms with van der Waals surface area (Å²) < 4.78 is 41.8. The van der Waals surface area contributed by atoms with Gasteiger partial charge in [0.2, 0.25) is 0 Å². The van der Waals surface area contributed by atoms with E-state index in [4.69, 9.17) is 4.74 Å². The number of carbonyl (C=O) groups is 1. The maximum Gasteiger partial charge on any atom is 0.417 e. The van der Waals surface area contributed by atoms with Crippen LogP contribution in [0.2, 0.25) is 0 Å². The van der Waals surface area contributed by atoms with Crippen molar-refractivity contribution in [1.82, 2.24) is 4.98 Å². The number of hydrogen-bond acceptors (Lipinski definition) is 3. The van der Waals surface area contributed by atoms with E-state index in [1.807, 2.05) is 0 Å². The second kappa shape index (κ2) is 4.59. The summed E-state index contributed by atoms with van der Waals surface area (Å²) in [6.07, 6.45) is -2.98. The lowest BCUT2D eigenvalue weighted by Crippen LogP contribution is -2.08. The first-order chi connectivity index (χ1) is 8.43. The number of hydrogen-bond donors (Lipinski definition) is 0. The average Bonchev–Trinajstić information content (AvgIpc) is 3.08. The van der Waals surface area contributed by atoms with E-state index in [-0.39, 0.29) is 17.8 Å². The third-order valence-electron chi connectivity index (χ3n) is 2.87. The van der Waals surface area contributed by atoms with Gasteiger partial charge in [-0.3, -0.25) is 9.78 Å². The average molecular weight is 259 g/mol. The van der Waals surface area contributed by atoms with Crippen molar-refractivity contribution in [2.24, 2.45) is 5.92 Å². The Morgan fingerprint density at radius 2 is 2.22 bits per heavy atom. The van der Waals surface area contributed by atoms with Gasteiger partial charge in [0.25, 0.3) is 0 Å². The molecule has 18 heavy (non-hydrogen) atoms. The maximum atomic E-state index is 12.3. The molecule has 1 aliphatic rings. The van der Waals surface area contributed by atoms with E-state index in [9.17, 15) is 18.0 Å². The van der Waals surface area contributed by atoms with Crippen molar-refractivity contribution in [3.05, 3.63) is 29.6 Å². The summed E-state index contributed by atoms with van der Waals surface area (Å²) in [5.74, 6) is -0.662. The van der Waals surface area contributed by atoms with Gasteiger partial charge in [0, 0.05) is 17.8 Å². The van der Waals surface area contributed by atoms with E-state index in [0.29, 0.717) is 18.7 Å². The van der Waals surface area contributed by atoms with E-state index >= 15 is 0 Å². The molecule has 0 bridgehead atoms. The van der Waals surface area contributed by atoms with Gasteiger partial charge in [-0.15, -0.1) is 0 Å². The monoisotopic (exact) mass is 259 g/mol. The first kappa shape index (κ1) is 12.9. The highest BCUT2D eigenvalue weighted by Gasteiger charge is 2.46. The lowest BCUT2D eigenvalue weighted by atomic mass is 10.2. The van der Waals surface area contributed by atoms with Gasteiger partial charge < -0.3 is 4.74 Å². The first-order valence-electron chi connectivity index (χ1n) is 5.63. The Hall–Kier alpha value is -1.59. The molecule has 1 aromatic rings. The van der Waals surface area contributed by atoms with Crippen molar-refractivity contribution < 1.29 is 22.7 Å². The summed E-state index contributed by atoms with van der Waals surface area (Å²) in [7, 11) is 0. The molecule has 1 heterocycles. The highest BCUT2D eigenvalue weighted by Crippen LogP contribution is 2.47. The molecule has 3 nitrogen and oxygen atoms in total. The Morgan fingerprint density at radius 3 is 2.72 bits per heavy atom. The van der Waals surface area contributed by atoms with Crippen LogP contribution in [0.25, 0.3) is 0 Å². The number of ether oxygens (including phenoxy) is 1. The summed E-state index contributed by atoms with van der Waals surface area (Å²) in [5, 5.41) is 0. The van der Waals surface area contributed by atoms with Crippen LogP contribution in [0.15, 0.2) is 18.3 Å². The fourth-order valence-electron chi connectivity index (χ4n) is 1.82. The van der Waals surface area contributed by atoms with Crippen LogP contribution in [-0.4, -0.2) is 17.6 Å². The second-order valence-electron chi connectivity index (χ2n) is 4.17. The third-order valence-corrected chi connectivity index (χ3v) is 2.87. The number of esters is 1. The predicted octanol–water partition coefficient (Wildman–Crippen LogP) is 2.77. The Morgan fingerprint density at radius 1 is 1.50 bits per heavy atom. The topological polar surface area (TPSA) is 39.2 Å². The number of nitrogens with zero attached hydrogens (tertiary/aromatic N) is 1. The van der Waals surface area contributed by atoms with Crippen LogP contribution in [0.3, 0.4) is 0 Å². The Kier molecular flexibility index (Phi) is 3.28. The van der Waals surface area contributed by atoms with Crippen molar-refractivity contribution in [3.63, 3.8) is 0 Å². The molecule has 0 amide bonds. The van der Waals surface area contributed by atoms with Crippen LogP contribution in [0.4, 0.5) is 13.2 Å². The van der Waals surface area contributed by atoms with Crippen LogP contribution in [0.1, 0.15) is 30.5 Å². The van der Waals surface area contributed by atoms with Gasteiger partial charge in [0.15, 0.2) is 0 Å². The minimum absolute atomic E-state index is 0.105. The minimum atomic E-state index is -4.38. The molecule has 0 N–H and O–H groups in total. The summed E-state index contributed by atoms with van der Waals surface area (Å²) in [5.41, 5.74) is -0.263. The van der Waals surface area contributed by atoms with Crippen molar-refractivity contribution in [2.45, 2.75) is 25.4 Å². The fraction of sp³-hybridized carbons (Fsp3) is 0.500.